The summed E-state index contributed by atoms with van der Waals surface area (Å²) in [6.07, 6.45) is -0.175. The van der Waals surface area contributed by atoms with Crippen molar-refractivity contribution in [2.75, 3.05) is 0 Å². The molecule has 1 rings (SSSR count). The van der Waals surface area contributed by atoms with E-state index in [1.807, 2.05) is 40.8 Å². The van der Waals surface area contributed by atoms with Crippen molar-refractivity contribution in [2.24, 2.45) is 12.5 Å². The van der Waals surface area contributed by atoms with Gasteiger partial charge in [-0.2, -0.15) is 5.10 Å². The number of rotatable bonds is 4. The zero-order valence-corrected chi connectivity index (χ0v) is 11.4. The van der Waals surface area contributed by atoms with Crippen LogP contribution in [0, 0.1) is 5.41 Å². The van der Waals surface area contributed by atoms with Gasteiger partial charge in [0.05, 0.1) is 17.9 Å². The van der Waals surface area contributed by atoms with Crippen molar-refractivity contribution in [3.05, 3.63) is 17.5 Å². The maximum absolute atomic E-state index is 10.0. The van der Waals surface area contributed by atoms with Gasteiger partial charge in [-0.25, -0.2) is 0 Å². The van der Waals surface area contributed by atoms with E-state index < -0.39 is 12.2 Å². The van der Waals surface area contributed by atoms with Gasteiger partial charge in [0.15, 0.2) is 0 Å². The van der Waals surface area contributed by atoms with Gasteiger partial charge in [-0.05, 0) is 17.9 Å². The first-order valence-electron chi connectivity index (χ1n) is 6.13. The molecule has 0 bridgehead atoms. The van der Waals surface area contributed by atoms with Crippen LogP contribution in [-0.4, -0.2) is 32.2 Å². The highest BCUT2D eigenvalue weighted by Crippen LogP contribution is 2.23. The first kappa shape index (κ1) is 14.2. The molecule has 1 aromatic heterocycles. The Morgan fingerprint density at radius 2 is 1.94 bits per heavy atom. The lowest BCUT2D eigenvalue weighted by atomic mass is 9.84. The van der Waals surface area contributed by atoms with Crippen LogP contribution in [0.4, 0.5) is 0 Å². The fourth-order valence-corrected chi connectivity index (χ4v) is 1.84. The third-order valence-corrected chi connectivity index (χ3v) is 3.06. The van der Waals surface area contributed by atoms with Crippen molar-refractivity contribution in [1.29, 1.82) is 0 Å². The van der Waals surface area contributed by atoms with Crippen LogP contribution in [0.3, 0.4) is 0 Å². The molecule has 0 aliphatic carbocycles. The lowest BCUT2D eigenvalue weighted by molar-refractivity contribution is -0.0440. The Labute approximate surface area is 103 Å². The van der Waals surface area contributed by atoms with E-state index in [4.69, 9.17) is 0 Å². The summed E-state index contributed by atoms with van der Waals surface area (Å²) in [6, 6.07) is 1.98. The molecule has 4 nitrogen and oxygen atoms in total. The molecule has 1 aromatic rings. The summed E-state index contributed by atoms with van der Waals surface area (Å²) in [4.78, 5) is 0. The van der Waals surface area contributed by atoms with E-state index in [2.05, 4.69) is 5.10 Å². The van der Waals surface area contributed by atoms with E-state index in [0.717, 1.165) is 17.8 Å². The molecule has 0 aromatic carbocycles. The van der Waals surface area contributed by atoms with E-state index in [-0.39, 0.29) is 5.41 Å². The van der Waals surface area contributed by atoms with Gasteiger partial charge >= 0.3 is 0 Å². The molecule has 0 saturated carbocycles. The molecule has 0 aliphatic rings. The summed E-state index contributed by atoms with van der Waals surface area (Å²) < 4.78 is 1.78. The second kappa shape index (κ2) is 5.19. The van der Waals surface area contributed by atoms with E-state index in [1.54, 1.807) is 4.68 Å². The molecule has 98 valence electrons. The lowest BCUT2D eigenvalue weighted by Gasteiger charge is -2.29. The third kappa shape index (κ3) is 3.54. The van der Waals surface area contributed by atoms with Crippen LogP contribution in [0.2, 0.25) is 0 Å². The minimum atomic E-state index is -0.755. The monoisotopic (exact) mass is 240 g/mol. The van der Waals surface area contributed by atoms with Crippen LogP contribution in [0.15, 0.2) is 6.07 Å². The molecule has 0 amide bonds. The van der Waals surface area contributed by atoms with Gasteiger partial charge < -0.3 is 10.2 Å². The third-order valence-electron chi connectivity index (χ3n) is 3.06. The van der Waals surface area contributed by atoms with Crippen LogP contribution in [0.1, 0.15) is 39.1 Å². The molecule has 17 heavy (non-hydrogen) atoms. The Morgan fingerprint density at radius 1 is 1.35 bits per heavy atom. The molecule has 2 unspecified atom stereocenters. The molecular formula is C13H24N2O2. The van der Waals surface area contributed by atoms with Crippen molar-refractivity contribution >= 4 is 0 Å². The lowest BCUT2D eigenvalue weighted by Crippen LogP contribution is -2.39. The number of hydrogen-bond acceptors (Lipinski definition) is 3. The highest BCUT2D eigenvalue weighted by atomic mass is 16.3. The van der Waals surface area contributed by atoms with Gasteiger partial charge in [0.1, 0.15) is 0 Å². The van der Waals surface area contributed by atoms with Gasteiger partial charge in [-0.1, -0.05) is 27.7 Å². The molecule has 0 radical (unpaired) electrons. The molecule has 1 heterocycles. The molecule has 0 aliphatic heterocycles. The normalized spacial score (nSPS) is 15.9. The summed E-state index contributed by atoms with van der Waals surface area (Å²) >= 11 is 0. The van der Waals surface area contributed by atoms with E-state index >= 15 is 0 Å². The summed E-state index contributed by atoms with van der Waals surface area (Å²) in [5.74, 6) is 0. The fourth-order valence-electron chi connectivity index (χ4n) is 1.84. The Balaban J connectivity index is 2.74. The molecule has 2 atom stereocenters. The largest absolute Gasteiger partial charge is 0.390 e. The Hall–Kier alpha value is -0.870. The average Bonchev–Trinajstić information content (AvgIpc) is 2.57. The number of aromatic nitrogens is 2. The van der Waals surface area contributed by atoms with Gasteiger partial charge in [0.2, 0.25) is 0 Å². The second-order valence-corrected chi connectivity index (χ2v) is 5.69. The first-order valence-corrected chi connectivity index (χ1v) is 6.13. The van der Waals surface area contributed by atoms with Crippen LogP contribution in [0.5, 0.6) is 0 Å². The number of aliphatic hydroxyl groups is 2. The predicted octanol–water partition coefficient (Wildman–Crippen LogP) is 1.29. The van der Waals surface area contributed by atoms with Gasteiger partial charge in [-0.3, -0.25) is 4.68 Å². The van der Waals surface area contributed by atoms with Crippen molar-refractivity contribution in [3.63, 3.8) is 0 Å². The topological polar surface area (TPSA) is 58.3 Å². The first-order chi connectivity index (χ1) is 7.75. The van der Waals surface area contributed by atoms with Gasteiger partial charge in [0.25, 0.3) is 0 Å². The minimum absolute atomic E-state index is 0.314. The Bertz CT molecular complexity index is 366. The standard InChI is InChI=1S/C13H24N2O2/c1-6-9-7-10(15(5)14-9)8-11(16)12(17)13(2,3)4/h7,11-12,16-17H,6,8H2,1-5H3. The zero-order chi connectivity index (χ0) is 13.2. The molecule has 0 fully saturated rings. The van der Waals surface area contributed by atoms with Gasteiger partial charge in [-0.15, -0.1) is 0 Å². The Morgan fingerprint density at radius 3 is 2.35 bits per heavy atom. The van der Waals surface area contributed by atoms with Crippen molar-refractivity contribution in [1.82, 2.24) is 9.78 Å². The Kier molecular flexibility index (Phi) is 4.33. The predicted molar refractivity (Wildman–Crippen MR) is 67.8 cm³/mol. The van der Waals surface area contributed by atoms with E-state index in [1.165, 1.54) is 0 Å². The summed E-state index contributed by atoms with van der Waals surface area (Å²) in [5, 5.41) is 24.3. The minimum Gasteiger partial charge on any atom is -0.390 e. The van der Waals surface area contributed by atoms with Crippen molar-refractivity contribution in [3.8, 4) is 0 Å². The number of aliphatic hydroxyl groups excluding tert-OH is 2. The smallest absolute Gasteiger partial charge is 0.0859 e. The zero-order valence-electron chi connectivity index (χ0n) is 11.4. The number of hydrogen-bond donors (Lipinski definition) is 2. The maximum Gasteiger partial charge on any atom is 0.0859 e. The van der Waals surface area contributed by atoms with Crippen LogP contribution < -0.4 is 0 Å². The van der Waals surface area contributed by atoms with E-state index in [9.17, 15) is 10.2 Å². The van der Waals surface area contributed by atoms with Crippen molar-refractivity contribution < 1.29 is 10.2 Å². The summed E-state index contributed by atoms with van der Waals surface area (Å²) in [7, 11) is 1.87. The average molecular weight is 240 g/mol. The number of nitrogens with zero attached hydrogens (tertiary/aromatic N) is 2. The summed E-state index contributed by atoms with van der Waals surface area (Å²) in [5.41, 5.74) is 1.66. The maximum atomic E-state index is 10.0. The summed E-state index contributed by atoms with van der Waals surface area (Å²) in [6.45, 7) is 7.80. The molecular weight excluding hydrogens is 216 g/mol. The number of aryl methyl sites for hydroxylation is 2. The SMILES string of the molecule is CCc1cc(CC(O)C(O)C(C)(C)C)n(C)n1. The molecule has 4 heteroatoms. The van der Waals surface area contributed by atoms with E-state index in [0.29, 0.717) is 6.42 Å². The molecule has 0 saturated heterocycles. The van der Waals surface area contributed by atoms with Crippen LogP contribution >= 0.6 is 0 Å². The molecule has 0 spiro atoms. The second-order valence-electron chi connectivity index (χ2n) is 5.69. The highest BCUT2D eigenvalue weighted by Gasteiger charge is 2.29. The van der Waals surface area contributed by atoms with Crippen LogP contribution in [0.25, 0.3) is 0 Å². The molecule has 2 N–H and O–H groups in total. The fraction of sp³-hybridized carbons (Fsp3) is 0.769. The van der Waals surface area contributed by atoms with Crippen molar-refractivity contribution in [2.45, 2.75) is 52.7 Å². The highest BCUT2D eigenvalue weighted by molar-refractivity contribution is 5.11. The quantitative estimate of drug-likeness (QED) is 0.834. The van der Waals surface area contributed by atoms with Crippen LogP contribution in [-0.2, 0) is 19.9 Å². The van der Waals surface area contributed by atoms with Gasteiger partial charge in [0, 0.05) is 19.2 Å².